The zero-order valence-corrected chi connectivity index (χ0v) is 11.5. The van der Waals surface area contributed by atoms with Crippen LogP contribution in [0.1, 0.15) is 10.4 Å². The molecular formula is C12H15BrN2O3. The van der Waals surface area contributed by atoms with Crippen molar-refractivity contribution < 1.29 is 15.0 Å². The van der Waals surface area contributed by atoms with Crippen LogP contribution in [0, 0.1) is 0 Å². The van der Waals surface area contributed by atoms with E-state index in [-0.39, 0.29) is 23.3 Å². The molecule has 0 aliphatic carbocycles. The van der Waals surface area contributed by atoms with Gasteiger partial charge in [0.1, 0.15) is 5.75 Å². The molecule has 0 bridgehead atoms. The number of phenolic OH excluding ortho intramolecular Hbond substituents is 1. The first-order valence-corrected chi connectivity index (χ1v) is 6.44. The minimum atomic E-state index is -0.576. The summed E-state index contributed by atoms with van der Waals surface area (Å²) in [6, 6.07) is 4.44. The number of nitrogens with zero attached hydrogens (tertiary/aromatic N) is 1. The Morgan fingerprint density at radius 3 is 2.83 bits per heavy atom. The summed E-state index contributed by atoms with van der Waals surface area (Å²) in [5, 5.41) is 22.5. The van der Waals surface area contributed by atoms with Gasteiger partial charge in [0.15, 0.2) is 0 Å². The van der Waals surface area contributed by atoms with Gasteiger partial charge in [-0.25, -0.2) is 0 Å². The summed E-state index contributed by atoms with van der Waals surface area (Å²) in [5.41, 5.74) is 0.228. The van der Waals surface area contributed by atoms with Crippen LogP contribution < -0.4 is 5.32 Å². The lowest BCUT2D eigenvalue weighted by atomic mass is 10.1. The lowest BCUT2D eigenvalue weighted by Crippen LogP contribution is -2.44. The van der Waals surface area contributed by atoms with E-state index in [2.05, 4.69) is 21.2 Å². The van der Waals surface area contributed by atoms with Crippen LogP contribution >= 0.6 is 15.9 Å². The Morgan fingerprint density at radius 1 is 1.50 bits per heavy atom. The lowest BCUT2D eigenvalue weighted by Gasteiger charge is -2.26. The molecule has 0 aromatic heterocycles. The van der Waals surface area contributed by atoms with Gasteiger partial charge in [-0.2, -0.15) is 0 Å². The van der Waals surface area contributed by atoms with Gasteiger partial charge in [0.05, 0.1) is 17.7 Å². The number of carbonyl (C=O) groups is 1. The standard InChI is InChI=1S/C12H15BrN2O3/c1-15(9-5-14-6-11(9)17)12(18)8-4-7(13)2-3-10(8)16/h2-4,9,11,14,16-17H,5-6H2,1H3/t9-,11-/m1/s1. The fraction of sp³-hybridized carbons (Fsp3) is 0.417. The van der Waals surface area contributed by atoms with Gasteiger partial charge in [0.2, 0.25) is 0 Å². The summed E-state index contributed by atoms with van der Waals surface area (Å²) >= 11 is 3.27. The van der Waals surface area contributed by atoms with Gasteiger partial charge in [-0.3, -0.25) is 4.79 Å². The first-order valence-electron chi connectivity index (χ1n) is 5.65. The number of benzene rings is 1. The molecule has 18 heavy (non-hydrogen) atoms. The van der Waals surface area contributed by atoms with Crippen molar-refractivity contribution in [1.29, 1.82) is 0 Å². The van der Waals surface area contributed by atoms with Crippen LogP contribution in [0.5, 0.6) is 5.75 Å². The molecule has 6 heteroatoms. The van der Waals surface area contributed by atoms with E-state index in [0.29, 0.717) is 13.1 Å². The van der Waals surface area contributed by atoms with Crippen molar-refractivity contribution in [3.8, 4) is 5.75 Å². The molecule has 1 aromatic rings. The largest absolute Gasteiger partial charge is 0.507 e. The number of halogens is 1. The average molecular weight is 315 g/mol. The summed E-state index contributed by atoms with van der Waals surface area (Å²) < 4.78 is 0.724. The number of carbonyl (C=O) groups excluding carboxylic acids is 1. The number of aromatic hydroxyl groups is 1. The molecule has 1 aliphatic heterocycles. The van der Waals surface area contributed by atoms with E-state index >= 15 is 0 Å². The SMILES string of the molecule is CN(C(=O)c1cc(Br)ccc1O)[C@@H]1CNC[C@H]1O. The molecule has 1 fully saturated rings. The van der Waals surface area contributed by atoms with Gasteiger partial charge in [0, 0.05) is 24.6 Å². The normalized spacial score (nSPS) is 23.1. The second kappa shape index (κ2) is 5.26. The zero-order valence-electron chi connectivity index (χ0n) is 9.93. The van der Waals surface area contributed by atoms with E-state index in [1.54, 1.807) is 19.2 Å². The summed E-state index contributed by atoms with van der Waals surface area (Å²) in [7, 11) is 1.63. The molecule has 3 N–H and O–H groups in total. The Hall–Kier alpha value is -1.11. The van der Waals surface area contributed by atoms with Crippen LogP contribution in [-0.4, -0.2) is 53.3 Å². The van der Waals surface area contributed by atoms with Crippen LogP contribution in [0.3, 0.4) is 0 Å². The molecule has 1 aliphatic rings. The second-order valence-electron chi connectivity index (χ2n) is 4.37. The predicted molar refractivity (Wildman–Crippen MR) is 70.6 cm³/mol. The highest BCUT2D eigenvalue weighted by molar-refractivity contribution is 9.10. The van der Waals surface area contributed by atoms with Crippen molar-refractivity contribution >= 4 is 21.8 Å². The van der Waals surface area contributed by atoms with E-state index in [4.69, 9.17) is 0 Å². The van der Waals surface area contributed by atoms with E-state index < -0.39 is 6.10 Å². The van der Waals surface area contributed by atoms with E-state index in [1.807, 2.05) is 0 Å². The molecule has 1 aromatic carbocycles. The number of likely N-dealkylation sites (N-methyl/N-ethyl adjacent to an activating group) is 1. The fourth-order valence-corrected chi connectivity index (χ4v) is 2.43. The Labute approximate surface area is 114 Å². The molecule has 1 amide bonds. The van der Waals surface area contributed by atoms with Crippen LogP contribution in [0.15, 0.2) is 22.7 Å². The number of β-amino-alcohol motifs (C(OH)–C–C–N with tert-alkyl or cyclic N) is 1. The number of nitrogens with one attached hydrogen (secondary N) is 1. The van der Waals surface area contributed by atoms with Gasteiger partial charge >= 0.3 is 0 Å². The van der Waals surface area contributed by atoms with Crippen LogP contribution in [-0.2, 0) is 0 Å². The molecule has 0 saturated carbocycles. The van der Waals surface area contributed by atoms with E-state index in [1.165, 1.54) is 11.0 Å². The number of hydrogen-bond acceptors (Lipinski definition) is 4. The van der Waals surface area contributed by atoms with Crippen molar-refractivity contribution in [2.24, 2.45) is 0 Å². The number of aliphatic hydroxyl groups excluding tert-OH is 1. The van der Waals surface area contributed by atoms with Crippen molar-refractivity contribution in [2.75, 3.05) is 20.1 Å². The van der Waals surface area contributed by atoms with Gasteiger partial charge in [0.25, 0.3) is 5.91 Å². The Kier molecular flexibility index (Phi) is 3.89. The minimum absolute atomic E-state index is 0.0597. The number of phenols is 1. The average Bonchev–Trinajstić information content (AvgIpc) is 2.77. The van der Waals surface area contributed by atoms with Crippen LogP contribution in [0.2, 0.25) is 0 Å². The number of amides is 1. The van der Waals surface area contributed by atoms with Gasteiger partial charge in [-0.05, 0) is 18.2 Å². The first kappa shape index (κ1) is 13.3. The Balaban J connectivity index is 2.22. The molecule has 98 valence electrons. The molecule has 0 radical (unpaired) electrons. The third-order valence-corrected chi connectivity index (χ3v) is 3.65. The van der Waals surface area contributed by atoms with Gasteiger partial charge in [-0.15, -0.1) is 0 Å². The van der Waals surface area contributed by atoms with Gasteiger partial charge in [-0.1, -0.05) is 15.9 Å². The topological polar surface area (TPSA) is 72.8 Å². The molecule has 2 atom stereocenters. The van der Waals surface area contributed by atoms with E-state index in [9.17, 15) is 15.0 Å². The first-order chi connectivity index (χ1) is 8.50. The molecular weight excluding hydrogens is 300 g/mol. The van der Waals surface area contributed by atoms with Crippen LogP contribution in [0.4, 0.5) is 0 Å². The molecule has 0 unspecified atom stereocenters. The quantitative estimate of drug-likeness (QED) is 0.746. The molecule has 5 nitrogen and oxygen atoms in total. The summed E-state index contributed by atoms with van der Waals surface area (Å²) in [4.78, 5) is 13.7. The highest BCUT2D eigenvalue weighted by Crippen LogP contribution is 2.24. The number of aliphatic hydroxyl groups is 1. The van der Waals surface area contributed by atoms with Gasteiger partial charge < -0.3 is 20.4 Å². The second-order valence-corrected chi connectivity index (χ2v) is 5.29. The number of rotatable bonds is 2. The highest BCUT2D eigenvalue weighted by atomic mass is 79.9. The van der Waals surface area contributed by atoms with E-state index in [0.717, 1.165) is 4.47 Å². The maximum atomic E-state index is 12.3. The van der Waals surface area contributed by atoms with Crippen LogP contribution in [0.25, 0.3) is 0 Å². The number of hydrogen-bond donors (Lipinski definition) is 3. The molecule has 0 spiro atoms. The highest BCUT2D eigenvalue weighted by Gasteiger charge is 2.32. The summed E-state index contributed by atoms with van der Waals surface area (Å²) in [6.45, 7) is 1.03. The monoisotopic (exact) mass is 314 g/mol. The zero-order chi connectivity index (χ0) is 13.3. The van der Waals surface area contributed by atoms with Crippen molar-refractivity contribution in [1.82, 2.24) is 10.2 Å². The molecule has 1 saturated heterocycles. The maximum absolute atomic E-state index is 12.3. The third-order valence-electron chi connectivity index (χ3n) is 3.16. The Bertz CT molecular complexity index is 467. The fourth-order valence-electron chi connectivity index (χ4n) is 2.07. The molecule has 1 heterocycles. The third kappa shape index (κ3) is 2.50. The lowest BCUT2D eigenvalue weighted by molar-refractivity contribution is 0.0578. The van der Waals surface area contributed by atoms with Crippen molar-refractivity contribution in [3.63, 3.8) is 0 Å². The Morgan fingerprint density at radius 2 is 2.22 bits per heavy atom. The predicted octanol–water partition coefficient (Wildman–Crippen LogP) is 0.559. The summed E-state index contributed by atoms with van der Waals surface area (Å²) in [5.74, 6) is -0.364. The molecule has 2 rings (SSSR count). The summed E-state index contributed by atoms with van der Waals surface area (Å²) in [6.07, 6.45) is -0.576. The van der Waals surface area contributed by atoms with Crippen molar-refractivity contribution in [3.05, 3.63) is 28.2 Å². The smallest absolute Gasteiger partial charge is 0.257 e. The van der Waals surface area contributed by atoms with Crippen molar-refractivity contribution in [2.45, 2.75) is 12.1 Å². The minimum Gasteiger partial charge on any atom is -0.507 e. The maximum Gasteiger partial charge on any atom is 0.257 e.